The van der Waals surface area contributed by atoms with Crippen LogP contribution in [0.1, 0.15) is 98.8 Å². The average molecular weight is 414 g/mol. The van der Waals surface area contributed by atoms with Crippen LogP contribution in [0.2, 0.25) is 0 Å². The van der Waals surface area contributed by atoms with Crippen LogP contribution in [-0.4, -0.2) is 16.7 Å². The molecule has 0 aromatic heterocycles. The molecule has 1 N–H and O–H groups in total. The Hall–Kier alpha value is -1.12. The Bertz CT molecular complexity index is 737. The van der Waals surface area contributed by atoms with Crippen molar-refractivity contribution in [1.82, 2.24) is 0 Å². The number of allylic oxidation sites excluding steroid dienone is 1. The molecule has 3 fully saturated rings. The molecule has 4 rings (SSSR count). The van der Waals surface area contributed by atoms with Crippen LogP contribution in [0.15, 0.2) is 16.8 Å². The first-order valence-corrected chi connectivity index (χ1v) is 12.7. The zero-order valence-electron chi connectivity index (χ0n) is 19.9. The molecule has 0 spiro atoms. The molecular weight excluding hydrogens is 370 g/mol. The average Bonchev–Trinajstić information content (AvgIpc) is 3.05. The Morgan fingerprint density at radius 2 is 1.87 bits per heavy atom. The largest absolute Gasteiger partial charge is 0.411 e. The number of ketones is 1. The maximum absolute atomic E-state index is 12.1. The van der Waals surface area contributed by atoms with Crippen molar-refractivity contribution in [3.63, 3.8) is 0 Å². The third-order valence-electron chi connectivity index (χ3n) is 10.1. The van der Waals surface area contributed by atoms with Crippen LogP contribution in [0.25, 0.3) is 0 Å². The van der Waals surface area contributed by atoms with E-state index in [9.17, 15) is 10.0 Å². The van der Waals surface area contributed by atoms with Gasteiger partial charge in [0.05, 0.1) is 5.71 Å². The highest BCUT2D eigenvalue weighted by atomic mass is 16.4. The fourth-order valence-electron chi connectivity index (χ4n) is 8.53. The van der Waals surface area contributed by atoms with Crippen molar-refractivity contribution in [3.05, 3.63) is 11.6 Å². The monoisotopic (exact) mass is 413 g/mol. The third kappa shape index (κ3) is 3.48. The number of fused-ring (bicyclic) bond motifs is 5. The predicted molar refractivity (Wildman–Crippen MR) is 123 cm³/mol. The molecule has 7 atom stereocenters. The molecule has 0 aromatic rings. The molecule has 3 heteroatoms. The van der Waals surface area contributed by atoms with Crippen LogP contribution in [0.5, 0.6) is 0 Å². The zero-order chi connectivity index (χ0) is 21.7. The van der Waals surface area contributed by atoms with Crippen LogP contribution in [0, 0.1) is 46.3 Å². The van der Waals surface area contributed by atoms with E-state index in [2.05, 4.69) is 39.8 Å². The summed E-state index contributed by atoms with van der Waals surface area (Å²) in [7, 11) is 0. The van der Waals surface area contributed by atoms with Gasteiger partial charge in [-0.05, 0) is 96.5 Å². The van der Waals surface area contributed by atoms with Crippen molar-refractivity contribution >= 4 is 11.5 Å². The minimum atomic E-state index is 0.0146. The summed E-state index contributed by atoms with van der Waals surface area (Å²) in [5, 5.41) is 13.6. The van der Waals surface area contributed by atoms with E-state index in [0.717, 1.165) is 47.8 Å². The second-order valence-corrected chi connectivity index (χ2v) is 12.1. The lowest BCUT2D eigenvalue weighted by atomic mass is 9.46. The highest BCUT2D eigenvalue weighted by Gasteiger charge is 2.60. The van der Waals surface area contributed by atoms with Gasteiger partial charge in [-0.2, -0.15) is 0 Å². The number of rotatable bonds is 5. The van der Waals surface area contributed by atoms with Gasteiger partial charge < -0.3 is 5.21 Å². The second-order valence-electron chi connectivity index (χ2n) is 12.1. The zero-order valence-corrected chi connectivity index (χ0v) is 19.9. The van der Waals surface area contributed by atoms with Gasteiger partial charge in [0.15, 0.2) is 5.78 Å². The molecule has 0 saturated heterocycles. The standard InChI is InChI=1S/C27H43NO2/c1-17(2)7-6-8-18(3)21-9-10-22-20-16-25(28-30)24-15-19(29)11-13-27(24,5)23(20)12-14-26(21,22)4/h15,17-18,20-23,30H,6-14,16H2,1-5H3/b28-25+/t18-,20-,21-,22-,23-,26-,27-/m1/s1. The van der Waals surface area contributed by atoms with Crippen molar-refractivity contribution in [2.75, 3.05) is 0 Å². The van der Waals surface area contributed by atoms with Gasteiger partial charge in [0, 0.05) is 6.42 Å². The van der Waals surface area contributed by atoms with E-state index in [0.29, 0.717) is 23.7 Å². The molecule has 168 valence electrons. The molecule has 3 nitrogen and oxygen atoms in total. The Morgan fingerprint density at radius 1 is 1.10 bits per heavy atom. The van der Waals surface area contributed by atoms with Gasteiger partial charge >= 0.3 is 0 Å². The minimum Gasteiger partial charge on any atom is -0.411 e. The van der Waals surface area contributed by atoms with E-state index < -0.39 is 0 Å². The molecule has 0 heterocycles. The fourth-order valence-corrected chi connectivity index (χ4v) is 8.53. The lowest BCUT2D eigenvalue weighted by Gasteiger charge is -2.58. The van der Waals surface area contributed by atoms with E-state index in [1.54, 1.807) is 0 Å². The Morgan fingerprint density at radius 3 is 2.57 bits per heavy atom. The number of carbonyl (C=O) groups excluding carboxylic acids is 1. The molecule has 4 aliphatic carbocycles. The third-order valence-corrected chi connectivity index (χ3v) is 10.1. The Balaban J connectivity index is 1.57. The summed E-state index contributed by atoms with van der Waals surface area (Å²) in [6.07, 6.45) is 13.7. The number of hydrogen-bond acceptors (Lipinski definition) is 3. The minimum absolute atomic E-state index is 0.0146. The van der Waals surface area contributed by atoms with Gasteiger partial charge in [0.2, 0.25) is 0 Å². The van der Waals surface area contributed by atoms with Gasteiger partial charge in [-0.1, -0.05) is 59.0 Å². The van der Waals surface area contributed by atoms with Gasteiger partial charge in [0.1, 0.15) is 0 Å². The maximum Gasteiger partial charge on any atom is 0.156 e. The summed E-state index contributed by atoms with van der Waals surface area (Å²) in [4.78, 5) is 12.1. The van der Waals surface area contributed by atoms with Crippen molar-refractivity contribution in [3.8, 4) is 0 Å². The second kappa shape index (κ2) is 8.10. The van der Waals surface area contributed by atoms with Gasteiger partial charge in [-0.25, -0.2) is 0 Å². The molecule has 4 aliphatic rings. The van der Waals surface area contributed by atoms with Gasteiger partial charge in [0.25, 0.3) is 0 Å². The Kier molecular flexibility index (Phi) is 5.96. The highest BCUT2D eigenvalue weighted by Crippen LogP contribution is 2.67. The first-order chi connectivity index (χ1) is 14.2. The van der Waals surface area contributed by atoms with Crippen molar-refractivity contribution < 1.29 is 10.0 Å². The van der Waals surface area contributed by atoms with Gasteiger partial charge in [-0.15, -0.1) is 0 Å². The predicted octanol–water partition coefficient (Wildman–Crippen LogP) is 7.04. The number of oxime groups is 1. The number of hydrogen-bond donors (Lipinski definition) is 1. The molecule has 0 radical (unpaired) electrons. The summed E-state index contributed by atoms with van der Waals surface area (Å²) >= 11 is 0. The molecule has 0 unspecified atom stereocenters. The molecule has 30 heavy (non-hydrogen) atoms. The number of nitrogens with zero attached hydrogens (tertiary/aromatic N) is 1. The summed E-state index contributed by atoms with van der Waals surface area (Å²) in [5.41, 5.74) is 2.31. The molecule has 0 amide bonds. The van der Waals surface area contributed by atoms with Crippen LogP contribution in [0.3, 0.4) is 0 Å². The molecule has 0 aliphatic heterocycles. The van der Waals surface area contributed by atoms with E-state index >= 15 is 0 Å². The first-order valence-electron chi connectivity index (χ1n) is 12.7. The quantitative estimate of drug-likeness (QED) is 0.388. The first kappa shape index (κ1) is 22.1. The van der Waals surface area contributed by atoms with E-state index in [1.165, 1.54) is 44.9 Å². The SMILES string of the molecule is CC(C)CCC[C@@H](C)[C@H]1CC[C@@H]2[C@H]3C/C(=N\O)C4=CC(=O)CC[C@]4(C)[C@@H]3CC[C@@]21C. The van der Waals surface area contributed by atoms with Crippen LogP contribution < -0.4 is 0 Å². The van der Waals surface area contributed by atoms with Gasteiger partial charge in [-0.3, -0.25) is 4.79 Å². The van der Waals surface area contributed by atoms with Crippen LogP contribution in [-0.2, 0) is 4.79 Å². The Labute approximate surface area is 183 Å². The van der Waals surface area contributed by atoms with E-state index in [-0.39, 0.29) is 11.2 Å². The number of carbonyl (C=O) groups is 1. The van der Waals surface area contributed by atoms with Crippen molar-refractivity contribution in [1.29, 1.82) is 0 Å². The van der Waals surface area contributed by atoms with Crippen LogP contribution in [0.4, 0.5) is 0 Å². The fraction of sp³-hybridized carbons (Fsp3) is 0.852. The normalized spacial score (nSPS) is 43.2. The molecule has 3 saturated carbocycles. The molecule has 0 aromatic carbocycles. The smallest absolute Gasteiger partial charge is 0.156 e. The lowest BCUT2D eigenvalue weighted by molar-refractivity contribution is -0.116. The van der Waals surface area contributed by atoms with Crippen LogP contribution >= 0.6 is 0 Å². The molecule has 0 bridgehead atoms. The topological polar surface area (TPSA) is 49.7 Å². The summed E-state index contributed by atoms with van der Waals surface area (Å²) in [6, 6.07) is 0. The highest BCUT2D eigenvalue weighted by molar-refractivity contribution is 6.08. The molecular formula is C27H43NO2. The summed E-state index contributed by atoms with van der Waals surface area (Å²) < 4.78 is 0. The van der Waals surface area contributed by atoms with E-state index in [1.807, 2.05) is 6.08 Å². The maximum atomic E-state index is 12.1. The van der Waals surface area contributed by atoms with Crippen molar-refractivity contribution in [2.45, 2.75) is 98.8 Å². The summed E-state index contributed by atoms with van der Waals surface area (Å²) in [6.45, 7) is 12.1. The van der Waals surface area contributed by atoms with Crippen molar-refractivity contribution in [2.24, 2.45) is 51.5 Å². The van der Waals surface area contributed by atoms with E-state index in [4.69, 9.17) is 0 Å². The summed E-state index contributed by atoms with van der Waals surface area (Å²) in [5.74, 6) is 4.64. The lowest BCUT2D eigenvalue weighted by Crippen LogP contribution is -2.53.